The van der Waals surface area contributed by atoms with E-state index in [1.54, 1.807) is 33.4 Å². The first-order chi connectivity index (χ1) is 14.8. The zero-order chi connectivity index (χ0) is 22.3. The molecule has 0 saturated carbocycles. The van der Waals surface area contributed by atoms with Crippen LogP contribution in [0.15, 0.2) is 52.1 Å². The van der Waals surface area contributed by atoms with Crippen LogP contribution in [-0.2, 0) is 14.1 Å². The summed E-state index contributed by atoms with van der Waals surface area (Å²) in [6.07, 6.45) is 0. The summed E-state index contributed by atoms with van der Waals surface area (Å²) in [4.78, 5) is 34.9. The summed E-state index contributed by atoms with van der Waals surface area (Å²) >= 11 is 0. The van der Waals surface area contributed by atoms with Crippen LogP contribution in [0.3, 0.4) is 0 Å². The van der Waals surface area contributed by atoms with Gasteiger partial charge in [0.15, 0.2) is 17.1 Å². The lowest BCUT2D eigenvalue weighted by molar-refractivity contribution is 0.355. The van der Waals surface area contributed by atoms with Crippen LogP contribution >= 0.6 is 0 Å². The van der Waals surface area contributed by atoms with Gasteiger partial charge in [-0.2, -0.15) is 0 Å². The van der Waals surface area contributed by atoms with Gasteiger partial charge in [0, 0.05) is 30.9 Å². The average molecular weight is 418 g/mol. The van der Waals surface area contributed by atoms with E-state index in [-0.39, 0.29) is 0 Å². The highest BCUT2D eigenvalue weighted by Crippen LogP contribution is 2.34. The molecule has 0 atom stereocenters. The third-order valence-corrected chi connectivity index (χ3v) is 5.25. The van der Waals surface area contributed by atoms with Gasteiger partial charge in [-0.3, -0.25) is 18.9 Å². The number of ether oxygens (including phenoxy) is 2. The minimum atomic E-state index is -0.447. The van der Waals surface area contributed by atoms with Crippen molar-refractivity contribution in [1.29, 1.82) is 0 Å². The smallest absolute Gasteiger partial charge is 0.332 e. The number of methoxy groups -OCH3 is 2. The summed E-state index contributed by atoms with van der Waals surface area (Å²) in [7, 11) is 6.19. The molecule has 8 heteroatoms. The van der Waals surface area contributed by atoms with Crippen LogP contribution < -0.4 is 20.7 Å². The SMILES string of the molecule is COc1ccc(-c2cc(-c3cccc(C)n3)c3c(=O)n(C)c(=O)n(C)c3n2)cc1OC. The van der Waals surface area contributed by atoms with E-state index < -0.39 is 11.2 Å². The van der Waals surface area contributed by atoms with Crippen LogP contribution in [0.4, 0.5) is 0 Å². The van der Waals surface area contributed by atoms with Gasteiger partial charge >= 0.3 is 5.69 Å². The molecule has 4 aromatic rings. The summed E-state index contributed by atoms with van der Waals surface area (Å²) in [6, 6.07) is 12.9. The molecular weight excluding hydrogens is 396 g/mol. The molecule has 0 bridgehead atoms. The van der Waals surface area contributed by atoms with Crippen LogP contribution in [0.25, 0.3) is 33.5 Å². The van der Waals surface area contributed by atoms with Gasteiger partial charge < -0.3 is 9.47 Å². The Balaban J connectivity index is 2.12. The molecule has 31 heavy (non-hydrogen) atoms. The van der Waals surface area contributed by atoms with Gasteiger partial charge in [-0.25, -0.2) is 9.78 Å². The molecule has 0 spiro atoms. The number of hydrogen-bond donors (Lipinski definition) is 0. The first-order valence-corrected chi connectivity index (χ1v) is 9.63. The zero-order valence-corrected chi connectivity index (χ0v) is 18.0. The van der Waals surface area contributed by atoms with E-state index in [4.69, 9.17) is 9.47 Å². The predicted octanol–water partition coefficient (Wildman–Crippen LogP) is 2.69. The maximum Gasteiger partial charge on any atom is 0.332 e. The Morgan fingerprint density at radius 1 is 0.839 bits per heavy atom. The highest BCUT2D eigenvalue weighted by molar-refractivity contribution is 5.93. The first kappa shape index (κ1) is 20.3. The second-order valence-corrected chi connectivity index (χ2v) is 7.19. The molecule has 1 aromatic carbocycles. The van der Waals surface area contributed by atoms with E-state index >= 15 is 0 Å². The maximum absolute atomic E-state index is 13.1. The van der Waals surface area contributed by atoms with Crippen LogP contribution in [0.5, 0.6) is 11.5 Å². The van der Waals surface area contributed by atoms with Crippen molar-refractivity contribution in [3.8, 4) is 34.0 Å². The zero-order valence-electron chi connectivity index (χ0n) is 18.0. The minimum Gasteiger partial charge on any atom is -0.493 e. The van der Waals surface area contributed by atoms with Crippen molar-refractivity contribution < 1.29 is 9.47 Å². The lowest BCUT2D eigenvalue weighted by atomic mass is 10.0. The standard InChI is InChI=1S/C23H22N4O4/c1-13-7-6-8-16(24-13)15-12-17(14-9-10-18(30-4)19(11-14)31-5)25-21-20(15)22(28)27(3)23(29)26(21)2/h6-12H,1-5H3. The predicted molar refractivity (Wildman–Crippen MR) is 119 cm³/mol. The van der Waals surface area contributed by atoms with Gasteiger partial charge in [0.2, 0.25) is 0 Å². The molecule has 3 heterocycles. The van der Waals surface area contributed by atoms with Crippen LogP contribution in [0.1, 0.15) is 5.69 Å². The normalized spacial score (nSPS) is 11.0. The van der Waals surface area contributed by atoms with Crippen molar-refractivity contribution in [2.75, 3.05) is 14.2 Å². The summed E-state index contributed by atoms with van der Waals surface area (Å²) in [5, 5.41) is 0.340. The highest BCUT2D eigenvalue weighted by atomic mass is 16.5. The molecule has 3 aromatic heterocycles. The lowest BCUT2D eigenvalue weighted by Gasteiger charge is -2.14. The van der Waals surface area contributed by atoms with E-state index in [1.807, 2.05) is 37.3 Å². The fourth-order valence-electron chi connectivity index (χ4n) is 3.59. The van der Waals surface area contributed by atoms with Crippen molar-refractivity contribution in [2.45, 2.75) is 6.92 Å². The fraction of sp³-hybridized carbons (Fsp3) is 0.217. The molecule has 0 radical (unpaired) electrons. The summed E-state index contributed by atoms with van der Waals surface area (Å²) < 4.78 is 13.2. The molecule has 0 aliphatic carbocycles. The van der Waals surface area contributed by atoms with Crippen molar-refractivity contribution in [3.05, 3.63) is 69.0 Å². The van der Waals surface area contributed by atoms with Gasteiger partial charge in [-0.05, 0) is 43.3 Å². The van der Waals surface area contributed by atoms with Gasteiger partial charge in [0.05, 0.1) is 31.0 Å². The molecular formula is C23H22N4O4. The number of aromatic nitrogens is 4. The van der Waals surface area contributed by atoms with Gasteiger partial charge in [0.1, 0.15) is 0 Å². The summed E-state index contributed by atoms with van der Waals surface area (Å²) in [6.45, 7) is 1.88. The van der Waals surface area contributed by atoms with Gasteiger partial charge in [-0.1, -0.05) is 6.07 Å². The topological polar surface area (TPSA) is 88.2 Å². The van der Waals surface area contributed by atoms with Gasteiger partial charge in [-0.15, -0.1) is 0 Å². The quantitative estimate of drug-likeness (QED) is 0.506. The molecule has 4 rings (SSSR count). The summed E-state index contributed by atoms with van der Waals surface area (Å²) in [5.41, 5.74) is 2.81. The molecule has 0 fully saturated rings. The molecule has 0 amide bonds. The Morgan fingerprint density at radius 2 is 1.58 bits per heavy atom. The van der Waals surface area contributed by atoms with Crippen LogP contribution in [0, 0.1) is 6.92 Å². The van der Waals surface area contributed by atoms with Crippen molar-refractivity contribution in [1.82, 2.24) is 19.1 Å². The van der Waals surface area contributed by atoms with E-state index in [0.29, 0.717) is 39.5 Å². The highest BCUT2D eigenvalue weighted by Gasteiger charge is 2.19. The van der Waals surface area contributed by atoms with E-state index in [1.165, 1.54) is 11.6 Å². The van der Waals surface area contributed by atoms with Crippen molar-refractivity contribution in [3.63, 3.8) is 0 Å². The Labute approximate surface area is 178 Å². The van der Waals surface area contributed by atoms with Crippen molar-refractivity contribution in [2.24, 2.45) is 14.1 Å². The van der Waals surface area contributed by atoms with E-state index in [0.717, 1.165) is 15.8 Å². The lowest BCUT2D eigenvalue weighted by Crippen LogP contribution is -2.37. The minimum absolute atomic E-state index is 0.290. The summed E-state index contributed by atoms with van der Waals surface area (Å²) in [5.74, 6) is 1.14. The molecule has 158 valence electrons. The van der Waals surface area contributed by atoms with Crippen LogP contribution in [-0.4, -0.2) is 33.3 Å². The Morgan fingerprint density at radius 3 is 2.26 bits per heavy atom. The van der Waals surface area contributed by atoms with Gasteiger partial charge in [0.25, 0.3) is 5.56 Å². The number of benzene rings is 1. The molecule has 8 nitrogen and oxygen atoms in total. The second-order valence-electron chi connectivity index (χ2n) is 7.19. The first-order valence-electron chi connectivity index (χ1n) is 9.63. The second kappa shape index (κ2) is 7.71. The largest absolute Gasteiger partial charge is 0.493 e. The molecule has 0 N–H and O–H groups in total. The monoisotopic (exact) mass is 418 g/mol. The van der Waals surface area contributed by atoms with Crippen LogP contribution in [0.2, 0.25) is 0 Å². The Kier molecular flexibility index (Phi) is 5.06. The Bertz CT molecular complexity index is 1440. The number of nitrogens with zero attached hydrogens (tertiary/aromatic N) is 4. The average Bonchev–Trinajstić information content (AvgIpc) is 2.80. The number of aryl methyl sites for hydroxylation is 2. The molecule has 0 aliphatic heterocycles. The molecule has 0 saturated heterocycles. The van der Waals surface area contributed by atoms with Crippen molar-refractivity contribution >= 4 is 11.0 Å². The third kappa shape index (κ3) is 3.35. The third-order valence-electron chi connectivity index (χ3n) is 5.25. The Hall–Kier alpha value is -3.94. The van der Waals surface area contributed by atoms with E-state index in [2.05, 4.69) is 9.97 Å². The number of hydrogen-bond acceptors (Lipinski definition) is 6. The number of pyridine rings is 2. The molecule has 0 unspecified atom stereocenters. The number of rotatable bonds is 4. The molecule has 0 aliphatic rings. The number of fused-ring (bicyclic) bond motifs is 1. The van der Waals surface area contributed by atoms with E-state index in [9.17, 15) is 9.59 Å². The fourth-order valence-corrected chi connectivity index (χ4v) is 3.59. The maximum atomic E-state index is 13.1.